The van der Waals surface area contributed by atoms with Gasteiger partial charge in [0.2, 0.25) is 6.41 Å². The first-order valence-corrected chi connectivity index (χ1v) is 12.9. The molecule has 1 aliphatic rings. The van der Waals surface area contributed by atoms with E-state index in [-0.39, 0.29) is 11.9 Å². The average molecular weight is 509 g/mol. The summed E-state index contributed by atoms with van der Waals surface area (Å²) in [5.41, 5.74) is 7.93. The quantitative estimate of drug-likeness (QED) is 0.385. The SMILES string of the molecule is CN(C)c1ccc([C@@H](C(=O)Nc2ccc(C(=O)OC(C)(C)C)cc2)N(C=O)C2CCC(CN)CC2)cc1. The highest BCUT2D eigenvalue weighted by Gasteiger charge is 2.34. The van der Waals surface area contributed by atoms with E-state index >= 15 is 0 Å². The van der Waals surface area contributed by atoms with Gasteiger partial charge in [0, 0.05) is 31.5 Å². The summed E-state index contributed by atoms with van der Waals surface area (Å²) in [5.74, 6) is -0.278. The van der Waals surface area contributed by atoms with Crippen molar-refractivity contribution in [3.63, 3.8) is 0 Å². The van der Waals surface area contributed by atoms with Gasteiger partial charge in [-0.3, -0.25) is 9.59 Å². The molecule has 0 heterocycles. The number of nitrogens with one attached hydrogen (secondary N) is 1. The Bertz CT molecular complexity index is 1050. The Morgan fingerprint density at radius 2 is 1.62 bits per heavy atom. The van der Waals surface area contributed by atoms with Crippen molar-refractivity contribution in [2.75, 3.05) is 30.9 Å². The van der Waals surface area contributed by atoms with Crippen molar-refractivity contribution in [2.24, 2.45) is 11.7 Å². The molecule has 0 aromatic heterocycles. The van der Waals surface area contributed by atoms with E-state index in [1.165, 1.54) is 0 Å². The molecule has 37 heavy (non-hydrogen) atoms. The van der Waals surface area contributed by atoms with Crippen molar-refractivity contribution >= 4 is 29.7 Å². The maximum atomic E-state index is 13.7. The van der Waals surface area contributed by atoms with Gasteiger partial charge in [0.05, 0.1) is 5.56 Å². The van der Waals surface area contributed by atoms with Gasteiger partial charge in [0.15, 0.2) is 0 Å². The smallest absolute Gasteiger partial charge is 0.338 e. The Morgan fingerprint density at radius 3 is 2.11 bits per heavy atom. The minimum atomic E-state index is -0.793. The molecule has 8 nitrogen and oxygen atoms in total. The lowest BCUT2D eigenvalue weighted by molar-refractivity contribution is -0.133. The highest BCUT2D eigenvalue weighted by Crippen LogP contribution is 2.33. The summed E-state index contributed by atoms with van der Waals surface area (Å²) in [5, 5.41) is 2.94. The van der Waals surface area contributed by atoms with Crippen molar-refractivity contribution in [1.82, 2.24) is 4.90 Å². The van der Waals surface area contributed by atoms with Gasteiger partial charge < -0.3 is 25.6 Å². The lowest BCUT2D eigenvalue weighted by atomic mass is 9.84. The zero-order chi connectivity index (χ0) is 27.2. The van der Waals surface area contributed by atoms with E-state index < -0.39 is 17.6 Å². The molecule has 1 fully saturated rings. The molecule has 0 radical (unpaired) electrons. The molecule has 0 bridgehead atoms. The van der Waals surface area contributed by atoms with Crippen LogP contribution in [0.3, 0.4) is 0 Å². The topological polar surface area (TPSA) is 105 Å². The first-order chi connectivity index (χ1) is 17.5. The molecule has 2 aromatic rings. The molecular weight excluding hydrogens is 468 g/mol. The molecule has 3 N–H and O–H groups in total. The normalized spacial score (nSPS) is 18.4. The Hall–Kier alpha value is -3.39. The summed E-state index contributed by atoms with van der Waals surface area (Å²) in [4.78, 5) is 42.0. The van der Waals surface area contributed by atoms with E-state index in [1.807, 2.05) is 64.0 Å². The fourth-order valence-electron chi connectivity index (χ4n) is 4.69. The van der Waals surface area contributed by atoms with Crippen LogP contribution < -0.4 is 16.0 Å². The molecule has 0 saturated heterocycles. The van der Waals surface area contributed by atoms with Gasteiger partial charge in [0.1, 0.15) is 11.6 Å². The highest BCUT2D eigenvalue weighted by molar-refractivity contribution is 5.97. The van der Waals surface area contributed by atoms with Crippen LogP contribution in [-0.2, 0) is 14.3 Å². The van der Waals surface area contributed by atoms with Crippen LogP contribution >= 0.6 is 0 Å². The number of anilines is 2. The molecule has 1 aliphatic carbocycles. The minimum Gasteiger partial charge on any atom is -0.456 e. The van der Waals surface area contributed by atoms with Gasteiger partial charge >= 0.3 is 5.97 Å². The number of nitrogens with zero attached hydrogens (tertiary/aromatic N) is 2. The third-order valence-electron chi connectivity index (χ3n) is 6.75. The Morgan fingerprint density at radius 1 is 1.03 bits per heavy atom. The number of carbonyl (C=O) groups is 3. The van der Waals surface area contributed by atoms with E-state index in [1.54, 1.807) is 29.2 Å². The summed E-state index contributed by atoms with van der Waals surface area (Å²) in [6.07, 6.45) is 4.29. The molecule has 0 aliphatic heterocycles. The zero-order valence-corrected chi connectivity index (χ0v) is 22.6. The molecule has 2 amide bonds. The van der Waals surface area contributed by atoms with Crippen molar-refractivity contribution in [1.29, 1.82) is 0 Å². The van der Waals surface area contributed by atoms with Gasteiger partial charge in [-0.25, -0.2) is 4.79 Å². The van der Waals surface area contributed by atoms with Crippen LogP contribution in [0.1, 0.15) is 68.4 Å². The molecule has 0 unspecified atom stereocenters. The summed E-state index contributed by atoms with van der Waals surface area (Å²) >= 11 is 0. The van der Waals surface area contributed by atoms with Gasteiger partial charge in [-0.15, -0.1) is 0 Å². The van der Waals surface area contributed by atoms with E-state index in [2.05, 4.69) is 5.32 Å². The standard InChI is InChI=1S/C29H40N4O4/c1-29(2,3)37-28(36)22-8-12-23(13-9-22)31-27(35)26(21-10-16-24(17-11-21)32(4)5)33(19-34)25-14-6-20(18-30)7-15-25/h8-13,16-17,19-20,25-26H,6-7,14-15,18,30H2,1-5H3,(H,31,35)/t20?,25?,26-/m0/s1. The number of esters is 1. The molecule has 3 rings (SSSR count). The number of ether oxygens (including phenoxy) is 1. The average Bonchev–Trinajstić information content (AvgIpc) is 2.86. The van der Waals surface area contributed by atoms with Gasteiger partial charge in [0.25, 0.3) is 5.91 Å². The first kappa shape index (κ1) is 28.2. The predicted octanol–water partition coefficient (Wildman–Crippen LogP) is 4.36. The van der Waals surface area contributed by atoms with Crippen molar-refractivity contribution in [3.8, 4) is 0 Å². The second-order valence-electron chi connectivity index (χ2n) is 10.9. The number of rotatable bonds is 9. The summed E-state index contributed by atoms with van der Waals surface area (Å²) in [6, 6.07) is 13.4. The highest BCUT2D eigenvalue weighted by atomic mass is 16.6. The second kappa shape index (κ2) is 12.2. The molecule has 8 heteroatoms. The van der Waals surface area contributed by atoms with Crippen molar-refractivity contribution in [3.05, 3.63) is 59.7 Å². The van der Waals surface area contributed by atoms with Crippen LogP contribution in [0.2, 0.25) is 0 Å². The fraction of sp³-hybridized carbons (Fsp3) is 0.483. The summed E-state index contributed by atoms with van der Waals surface area (Å²) in [7, 11) is 3.90. The monoisotopic (exact) mass is 508 g/mol. The maximum absolute atomic E-state index is 13.7. The number of carbonyl (C=O) groups excluding carboxylic acids is 3. The number of amides is 2. The van der Waals surface area contributed by atoms with Crippen LogP contribution in [0, 0.1) is 5.92 Å². The Labute approximate surface area is 220 Å². The fourth-order valence-corrected chi connectivity index (χ4v) is 4.69. The van der Waals surface area contributed by atoms with Gasteiger partial charge in [-0.05, 0) is 101 Å². The minimum absolute atomic E-state index is 0.0425. The maximum Gasteiger partial charge on any atom is 0.338 e. The second-order valence-corrected chi connectivity index (χ2v) is 10.9. The molecule has 0 spiro atoms. The number of hydrogen-bond acceptors (Lipinski definition) is 6. The lowest BCUT2D eigenvalue weighted by Crippen LogP contribution is -2.45. The Balaban J connectivity index is 1.84. The first-order valence-electron chi connectivity index (χ1n) is 12.9. The van der Waals surface area contributed by atoms with E-state index in [9.17, 15) is 14.4 Å². The number of nitrogens with two attached hydrogens (primary N) is 1. The molecule has 200 valence electrons. The van der Waals surface area contributed by atoms with Crippen molar-refractivity contribution < 1.29 is 19.1 Å². The van der Waals surface area contributed by atoms with Gasteiger partial charge in [-0.2, -0.15) is 0 Å². The molecule has 1 atom stereocenters. The van der Waals surface area contributed by atoms with E-state index in [0.717, 1.165) is 43.3 Å². The van der Waals surface area contributed by atoms with Crippen LogP contribution in [0.25, 0.3) is 0 Å². The Kier molecular flexibility index (Phi) is 9.32. The zero-order valence-electron chi connectivity index (χ0n) is 22.6. The summed E-state index contributed by atoms with van der Waals surface area (Å²) in [6.45, 7) is 6.08. The van der Waals surface area contributed by atoms with E-state index in [0.29, 0.717) is 23.7 Å². The predicted molar refractivity (Wildman–Crippen MR) is 146 cm³/mol. The third kappa shape index (κ3) is 7.55. The molecule has 1 saturated carbocycles. The van der Waals surface area contributed by atoms with Crippen LogP contribution in [0.5, 0.6) is 0 Å². The van der Waals surface area contributed by atoms with Crippen molar-refractivity contribution in [2.45, 2.75) is 64.1 Å². The molecular formula is C29H40N4O4. The van der Waals surface area contributed by atoms with Crippen LogP contribution in [0.4, 0.5) is 11.4 Å². The lowest BCUT2D eigenvalue weighted by Gasteiger charge is -2.38. The van der Waals surface area contributed by atoms with E-state index in [4.69, 9.17) is 10.5 Å². The number of hydrogen-bond donors (Lipinski definition) is 2. The van der Waals surface area contributed by atoms with Crippen LogP contribution in [-0.4, -0.2) is 55.5 Å². The third-order valence-corrected chi connectivity index (χ3v) is 6.75. The van der Waals surface area contributed by atoms with Crippen LogP contribution in [0.15, 0.2) is 48.5 Å². The van der Waals surface area contributed by atoms with Gasteiger partial charge in [-0.1, -0.05) is 12.1 Å². The summed E-state index contributed by atoms with van der Waals surface area (Å²) < 4.78 is 5.41. The largest absolute Gasteiger partial charge is 0.456 e. The number of benzene rings is 2. The molecule has 2 aromatic carbocycles.